The van der Waals surface area contributed by atoms with E-state index in [0.29, 0.717) is 4.88 Å². The van der Waals surface area contributed by atoms with Crippen LogP contribution in [-0.4, -0.2) is 35.8 Å². The van der Waals surface area contributed by atoms with Crippen LogP contribution in [0.1, 0.15) is 31.2 Å². The van der Waals surface area contributed by atoms with Gasteiger partial charge in [0.05, 0.1) is 9.82 Å². The summed E-state index contributed by atoms with van der Waals surface area (Å²) in [5.74, 6) is -0.700. The lowest BCUT2D eigenvalue weighted by molar-refractivity contribution is -0.380. The van der Waals surface area contributed by atoms with Crippen LogP contribution >= 0.6 is 11.3 Å². The SMILES string of the molecule is Cc1ccc(S(=O)(=O)N(CC(=O)OC(C)(C)C)Cc2ccc([N+](=O)[O-])s2)cc1. The third kappa shape index (κ3) is 5.85. The molecule has 0 aliphatic carbocycles. The Morgan fingerprint density at radius 3 is 2.29 bits per heavy atom. The van der Waals surface area contributed by atoms with Crippen LogP contribution in [0.2, 0.25) is 0 Å². The lowest BCUT2D eigenvalue weighted by atomic mass is 10.2. The molecule has 0 bridgehead atoms. The number of nitro groups is 1. The highest BCUT2D eigenvalue weighted by atomic mass is 32.2. The number of nitrogens with zero attached hydrogens (tertiary/aromatic N) is 2. The predicted molar refractivity (Wildman–Crippen MR) is 106 cm³/mol. The minimum Gasteiger partial charge on any atom is -0.459 e. The van der Waals surface area contributed by atoms with Gasteiger partial charge in [-0.15, -0.1) is 0 Å². The van der Waals surface area contributed by atoms with E-state index in [-0.39, 0.29) is 16.4 Å². The van der Waals surface area contributed by atoms with Crippen molar-refractivity contribution in [3.8, 4) is 0 Å². The molecule has 0 N–H and O–H groups in total. The first-order valence-electron chi connectivity index (χ1n) is 8.40. The van der Waals surface area contributed by atoms with Gasteiger partial charge in [0.25, 0.3) is 0 Å². The summed E-state index contributed by atoms with van der Waals surface area (Å²) in [7, 11) is -4.01. The molecule has 2 aromatic rings. The molecule has 2 rings (SSSR count). The van der Waals surface area contributed by atoms with Crippen LogP contribution in [0.3, 0.4) is 0 Å². The molecule has 0 spiro atoms. The Bertz CT molecular complexity index is 959. The summed E-state index contributed by atoms with van der Waals surface area (Å²) in [6, 6.07) is 9.04. The topological polar surface area (TPSA) is 107 Å². The summed E-state index contributed by atoms with van der Waals surface area (Å²) in [5.41, 5.74) is 0.129. The zero-order chi connectivity index (χ0) is 21.1. The molecule has 1 heterocycles. The van der Waals surface area contributed by atoms with Gasteiger partial charge in [0.1, 0.15) is 12.1 Å². The molecule has 0 saturated carbocycles. The molecule has 152 valence electrons. The van der Waals surface area contributed by atoms with Crippen LogP contribution < -0.4 is 0 Å². The van der Waals surface area contributed by atoms with E-state index < -0.39 is 33.1 Å². The van der Waals surface area contributed by atoms with Crippen molar-refractivity contribution in [1.82, 2.24) is 4.31 Å². The molecule has 10 heteroatoms. The molecular weight excluding hydrogens is 404 g/mol. The number of hydrogen-bond donors (Lipinski definition) is 0. The highest BCUT2D eigenvalue weighted by molar-refractivity contribution is 7.89. The average Bonchev–Trinajstić information content (AvgIpc) is 3.02. The van der Waals surface area contributed by atoms with Gasteiger partial charge in [-0.3, -0.25) is 14.9 Å². The number of hydrogen-bond acceptors (Lipinski definition) is 7. The van der Waals surface area contributed by atoms with E-state index in [1.54, 1.807) is 32.9 Å². The molecule has 0 saturated heterocycles. The monoisotopic (exact) mass is 426 g/mol. The van der Waals surface area contributed by atoms with Crippen molar-refractivity contribution < 1.29 is 22.9 Å². The normalized spacial score (nSPS) is 12.2. The number of benzene rings is 1. The first-order valence-corrected chi connectivity index (χ1v) is 10.7. The maximum Gasteiger partial charge on any atom is 0.324 e. The molecule has 1 aromatic carbocycles. The van der Waals surface area contributed by atoms with Crippen molar-refractivity contribution in [2.45, 2.75) is 44.7 Å². The smallest absolute Gasteiger partial charge is 0.324 e. The number of rotatable bonds is 7. The summed E-state index contributed by atoms with van der Waals surface area (Å²) in [5, 5.41) is 10.8. The highest BCUT2D eigenvalue weighted by Gasteiger charge is 2.30. The number of carbonyl (C=O) groups is 1. The minimum absolute atomic E-state index is 0.0349. The van der Waals surface area contributed by atoms with Crippen LogP contribution in [0.15, 0.2) is 41.3 Å². The Labute approximate surface area is 167 Å². The van der Waals surface area contributed by atoms with Crippen molar-refractivity contribution in [1.29, 1.82) is 0 Å². The van der Waals surface area contributed by atoms with Gasteiger partial charge in [-0.05, 0) is 45.9 Å². The van der Waals surface area contributed by atoms with Gasteiger partial charge in [0, 0.05) is 17.5 Å². The highest BCUT2D eigenvalue weighted by Crippen LogP contribution is 2.27. The zero-order valence-corrected chi connectivity index (χ0v) is 17.7. The summed E-state index contributed by atoms with van der Waals surface area (Å²) in [4.78, 5) is 23.1. The maximum atomic E-state index is 13.1. The second kappa shape index (κ2) is 8.38. The largest absolute Gasteiger partial charge is 0.459 e. The number of aryl methyl sites for hydroxylation is 1. The first kappa shape index (κ1) is 22.0. The van der Waals surface area contributed by atoms with Crippen LogP contribution in [0, 0.1) is 17.0 Å². The van der Waals surface area contributed by atoms with Gasteiger partial charge < -0.3 is 4.74 Å². The fourth-order valence-electron chi connectivity index (χ4n) is 2.33. The van der Waals surface area contributed by atoms with Gasteiger partial charge in [-0.2, -0.15) is 4.31 Å². The molecule has 28 heavy (non-hydrogen) atoms. The summed E-state index contributed by atoms with van der Waals surface area (Å²) >= 11 is 0.866. The Morgan fingerprint density at radius 2 is 1.79 bits per heavy atom. The standard InChI is InChI=1S/C18H22N2O6S2/c1-13-5-8-15(9-6-13)28(24,25)19(12-17(21)26-18(2,3)4)11-14-7-10-16(27-14)20(22)23/h5-10H,11-12H2,1-4H3. The summed E-state index contributed by atoms with van der Waals surface area (Å²) in [6.45, 7) is 6.22. The Hall–Kier alpha value is -2.30. The Kier molecular flexibility index (Phi) is 6.58. The van der Waals surface area contributed by atoms with Crippen molar-refractivity contribution in [2.75, 3.05) is 6.54 Å². The van der Waals surface area contributed by atoms with Gasteiger partial charge >= 0.3 is 11.0 Å². The average molecular weight is 427 g/mol. The quantitative estimate of drug-likeness (QED) is 0.381. The van der Waals surface area contributed by atoms with Gasteiger partial charge in [-0.1, -0.05) is 29.0 Å². The van der Waals surface area contributed by atoms with Crippen LogP contribution in [0.4, 0.5) is 5.00 Å². The molecular formula is C18H22N2O6S2. The van der Waals surface area contributed by atoms with Crippen molar-refractivity contribution >= 4 is 32.3 Å². The number of sulfonamides is 1. The lowest BCUT2D eigenvalue weighted by Gasteiger charge is -2.24. The van der Waals surface area contributed by atoms with E-state index in [0.717, 1.165) is 21.2 Å². The summed E-state index contributed by atoms with van der Waals surface area (Å²) < 4.78 is 32.4. The van der Waals surface area contributed by atoms with E-state index in [9.17, 15) is 23.3 Å². The Morgan fingerprint density at radius 1 is 1.18 bits per heavy atom. The molecule has 8 nitrogen and oxygen atoms in total. The van der Waals surface area contributed by atoms with E-state index in [2.05, 4.69) is 0 Å². The van der Waals surface area contributed by atoms with Gasteiger partial charge in [0.2, 0.25) is 10.0 Å². The zero-order valence-electron chi connectivity index (χ0n) is 16.0. The first-order chi connectivity index (χ1) is 12.9. The van der Waals surface area contributed by atoms with E-state index in [1.807, 2.05) is 6.92 Å². The molecule has 0 aliphatic rings. The van der Waals surface area contributed by atoms with Crippen LogP contribution in [0.25, 0.3) is 0 Å². The molecule has 1 aromatic heterocycles. The predicted octanol–water partition coefficient (Wildman–Crippen LogP) is 3.50. The second-order valence-corrected chi connectivity index (χ2v) is 10.3. The van der Waals surface area contributed by atoms with Crippen LogP contribution in [-0.2, 0) is 26.1 Å². The fraction of sp³-hybridized carbons (Fsp3) is 0.389. The van der Waals surface area contributed by atoms with Crippen molar-refractivity contribution in [3.05, 3.63) is 57.0 Å². The lowest BCUT2D eigenvalue weighted by Crippen LogP contribution is -2.38. The van der Waals surface area contributed by atoms with Crippen molar-refractivity contribution in [3.63, 3.8) is 0 Å². The molecule has 0 amide bonds. The maximum absolute atomic E-state index is 13.1. The Balaban J connectivity index is 2.35. The molecule has 0 fully saturated rings. The van der Waals surface area contributed by atoms with E-state index >= 15 is 0 Å². The number of ether oxygens (including phenoxy) is 1. The number of esters is 1. The minimum atomic E-state index is -4.01. The van der Waals surface area contributed by atoms with E-state index in [4.69, 9.17) is 4.74 Å². The van der Waals surface area contributed by atoms with Crippen LogP contribution in [0.5, 0.6) is 0 Å². The van der Waals surface area contributed by atoms with Crippen molar-refractivity contribution in [2.24, 2.45) is 0 Å². The van der Waals surface area contributed by atoms with Gasteiger partial charge in [0.15, 0.2) is 0 Å². The number of thiophene rings is 1. The molecule has 0 atom stereocenters. The summed E-state index contributed by atoms with van der Waals surface area (Å²) in [6.07, 6.45) is 0. The molecule has 0 unspecified atom stereocenters. The molecule has 0 radical (unpaired) electrons. The number of carbonyl (C=O) groups excluding carboxylic acids is 1. The van der Waals surface area contributed by atoms with E-state index in [1.165, 1.54) is 24.3 Å². The van der Waals surface area contributed by atoms with Gasteiger partial charge in [-0.25, -0.2) is 8.42 Å². The third-order valence-electron chi connectivity index (χ3n) is 3.54. The third-order valence-corrected chi connectivity index (χ3v) is 6.37. The fourth-order valence-corrected chi connectivity index (χ4v) is 4.61. The second-order valence-electron chi connectivity index (χ2n) is 7.17. The molecule has 0 aliphatic heterocycles.